The summed E-state index contributed by atoms with van der Waals surface area (Å²) >= 11 is 1.65. The van der Waals surface area contributed by atoms with Crippen LogP contribution < -0.4 is 4.90 Å². The zero-order valence-electron chi connectivity index (χ0n) is 14.9. The predicted molar refractivity (Wildman–Crippen MR) is 98.2 cm³/mol. The first-order valence-corrected chi connectivity index (χ1v) is 8.49. The van der Waals surface area contributed by atoms with Crippen LogP contribution in [-0.4, -0.2) is 46.9 Å². The molecule has 1 atom stereocenters. The summed E-state index contributed by atoms with van der Waals surface area (Å²) in [7, 11) is 5.55. The molecular formula is C17H23N5OS. The average Bonchev–Trinajstić information content (AvgIpc) is 2.89. The summed E-state index contributed by atoms with van der Waals surface area (Å²) in [6.07, 6.45) is 6.66. The second kappa shape index (κ2) is 7.53. The summed E-state index contributed by atoms with van der Waals surface area (Å²) in [5, 5.41) is 1.02. The van der Waals surface area contributed by atoms with Crippen LogP contribution in [0.4, 0.5) is 5.95 Å². The fourth-order valence-corrected chi connectivity index (χ4v) is 3.15. The molecule has 0 aromatic carbocycles. The van der Waals surface area contributed by atoms with E-state index in [9.17, 15) is 4.79 Å². The van der Waals surface area contributed by atoms with Gasteiger partial charge in [0.25, 0.3) is 0 Å². The van der Waals surface area contributed by atoms with E-state index in [4.69, 9.17) is 0 Å². The van der Waals surface area contributed by atoms with E-state index in [1.807, 2.05) is 39.8 Å². The number of nitrogens with zero attached hydrogens (tertiary/aromatic N) is 5. The van der Waals surface area contributed by atoms with Crippen molar-refractivity contribution in [2.45, 2.75) is 26.8 Å². The number of aryl methyl sites for hydroxylation is 2. The highest BCUT2D eigenvalue weighted by Gasteiger charge is 2.20. The third-order valence-corrected chi connectivity index (χ3v) is 4.64. The molecule has 2 heterocycles. The molecule has 0 N–H and O–H groups in total. The molecular weight excluding hydrogens is 322 g/mol. The lowest BCUT2D eigenvalue weighted by Gasteiger charge is -2.23. The lowest BCUT2D eigenvalue weighted by Crippen LogP contribution is -2.28. The number of anilines is 1. The maximum Gasteiger partial charge on any atom is 0.246 e. The van der Waals surface area contributed by atoms with Crippen LogP contribution in [0.15, 0.2) is 18.5 Å². The minimum Gasteiger partial charge on any atom is -0.347 e. The van der Waals surface area contributed by atoms with E-state index < -0.39 is 0 Å². The number of hydrogen-bond acceptors (Lipinski definition) is 6. The molecule has 2 rings (SSSR count). The van der Waals surface area contributed by atoms with Gasteiger partial charge in [-0.2, -0.15) is 0 Å². The second-order valence-electron chi connectivity index (χ2n) is 5.84. The van der Waals surface area contributed by atoms with E-state index in [2.05, 4.69) is 15.0 Å². The predicted octanol–water partition coefficient (Wildman–Crippen LogP) is 2.85. The van der Waals surface area contributed by atoms with Gasteiger partial charge in [0.1, 0.15) is 0 Å². The molecule has 2 aromatic heterocycles. The van der Waals surface area contributed by atoms with Gasteiger partial charge in [-0.1, -0.05) is 0 Å². The minimum atomic E-state index is -0.0794. The first kappa shape index (κ1) is 18.1. The monoisotopic (exact) mass is 345 g/mol. The van der Waals surface area contributed by atoms with Crippen LogP contribution in [0.3, 0.4) is 0 Å². The van der Waals surface area contributed by atoms with Gasteiger partial charge in [-0.05, 0) is 26.8 Å². The lowest BCUT2D eigenvalue weighted by molar-refractivity contribution is -0.126. The Morgan fingerprint density at radius 2 is 1.83 bits per heavy atom. The largest absolute Gasteiger partial charge is 0.347 e. The second-order valence-corrected chi connectivity index (χ2v) is 7.25. The van der Waals surface area contributed by atoms with Gasteiger partial charge in [0.15, 0.2) is 0 Å². The molecule has 0 aliphatic rings. The lowest BCUT2D eigenvalue weighted by atomic mass is 10.2. The van der Waals surface area contributed by atoms with E-state index in [0.717, 1.165) is 21.1 Å². The van der Waals surface area contributed by atoms with Gasteiger partial charge in [-0.15, -0.1) is 11.3 Å². The van der Waals surface area contributed by atoms with Crippen LogP contribution in [0.1, 0.15) is 34.1 Å². The Morgan fingerprint density at radius 3 is 2.33 bits per heavy atom. The molecule has 0 spiro atoms. The van der Waals surface area contributed by atoms with Crippen LogP contribution >= 0.6 is 11.3 Å². The van der Waals surface area contributed by atoms with Crippen LogP contribution in [0.2, 0.25) is 0 Å². The van der Waals surface area contributed by atoms with Crippen molar-refractivity contribution in [1.29, 1.82) is 0 Å². The van der Waals surface area contributed by atoms with Gasteiger partial charge in [0.05, 0.1) is 16.7 Å². The topological polar surface area (TPSA) is 62.2 Å². The van der Waals surface area contributed by atoms with Crippen molar-refractivity contribution in [2.75, 3.05) is 26.0 Å². The third kappa shape index (κ3) is 4.17. The Hall–Kier alpha value is -2.28. The summed E-state index contributed by atoms with van der Waals surface area (Å²) in [5.74, 6) is 0.558. The highest BCUT2D eigenvalue weighted by atomic mass is 32.1. The Labute approximate surface area is 146 Å². The summed E-state index contributed by atoms with van der Waals surface area (Å²) in [5.41, 5.74) is 1.75. The molecule has 7 heteroatoms. The van der Waals surface area contributed by atoms with Crippen LogP contribution in [0.5, 0.6) is 0 Å². The van der Waals surface area contributed by atoms with Crippen LogP contribution in [0.25, 0.3) is 6.08 Å². The van der Waals surface area contributed by atoms with Gasteiger partial charge in [-0.3, -0.25) is 4.79 Å². The Kier molecular flexibility index (Phi) is 5.66. The summed E-state index contributed by atoms with van der Waals surface area (Å²) in [6.45, 7) is 6.00. The van der Waals surface area contributed by atoms with Crippen molar-refractivity contribution in [3.8, 4) is 0 Å². The van der Waals surface area contributed by atoms with Gasteiger partial charge < -0.3 is 9.80 Å². The van der Waals surface area contributed by atoms with Gasteiger partial charge >= 0.3 is 0 Å². The normalized spacial score (nSPS) is 12.4. The molecule has 6 nitrogen and oxygen atoms in total. The summed E-state index contributed by atoms with van der Waals surface area (Å²) in [4.78, 5) is 30.0. The van der Waals surface area contributed by atoms with Crippen molar-refractivity contribution in [3.05, 3.63) is 39.6 Å². The first-order chi connectivity index (χ1) is 11.3. The van der Waals surface area contributed by atoms with Crippen molar-refractivity contribution >= 4 is 29.3 Å². The fourth-order valence-electron chi connectivity index (χ4n) is 2.24. The summed E-state index contributed by atoms with van der Waals surface area (Å²) in [6, 6.07) is -0.0699. The van der Waals surface area contributed by atoms with Crippen molar-refractivity contribution in [3.63, 3.8) is 0 Å². The molecule has 0 fully saturated rings. The first-order valence-electron chi connectivity index (χ1n) is 7.67. The van der Waals surface area contributed by atoms with Crippen LogP contribution in [-0.2, 0) is 4.79 Å². The standard InChI is InChI=1S/C17H23N5OS/c1-11(16-12(2)24-13(3)20-16)22(6)15(23)8-7-14-9-18-17(19-10-14)21(4)5/h7-11H,1-6H3/b8-7+. The number of likely N-dealkylation sites (N-methyl/N-ethyl adjacent to an activating group) is 1. The van der Waals surface area contributed by atoms with E-state index in [1.165, 1.54) is 0 Å². The molecule has 1 unspecified atom stereocenters. The van der Waals surface area contributed by atoms with Crippen molar-refractivity contribution in [2.24, 2.45) is 0 Å². The van der Waals surface area contributed by atoms with Crippen LogP contribution in [0, 0.1) is 13.8 Å². The maximum absolute atomic E-state index is 12.4. The maximum atomic E-state index is 12.4. The molecule has 0 aliphatic carbocycles. The Bertz CT molecular complexity index is 736. The minimum absolute atomic E-state index is 0.0699. The van der Waals surface area contributed by atoms with Crippen molar-refractivity contribution < 1.29 is 4.79 Å². The third-order valence-electron chi connectivity index (χ3n) is 3.74. The SMILES string of the molecule is Cc1nc(C(C)N(C)C(=O)/C=C/c2cnc(N(C)C)nc2)c(C)s1. The number of carbonyl (C=O) groups is 1. The molecule has 24 heavy (non-hydrogen) atoms. The highest BCUT2D eigenvalue weighted by molar-refractivity contribution is 7.11. The smallest absolute Gasteiger partial charge is 0.246 e. The Morgan fingerprint density at radius 1 is 1.21 bits per heavy atom. The van der Waals surface area contributed by atoms with Gasteiger partial charge in [-0.25, -0.2) is 15.0 Å². The molecule has 0 aliphatic heterocycles. The molecule has 0 saturated carbocycles. The number of rotatable bonds is 5. The number of carbonyl (C=O) groups excluding carboxylic acids is 1. The van der Waals surface area contributed by atoms with Gasteiger partial charge in [0.2, 0.25) is 11.9 Å². The summed E-state index contributed by atoms with van der Waals surface area (Å²) < 4.78 is 0. The van der Waals surface area contributed by atoms with Gasteiger partial charge in [0, 0.05) is 50.1 Å². The number of aromatic nitrogens is 3. The van der Waals surface area contributed by atoms with Crippen molar-refractivity contribution in [1.82, 2.24) is 19.9 Å². The zero-order chi connectivity index (χ0) is 17.9. The quantitative estimate of drug-likeness (QED) is 0.780. The zero-order valence-corrected chi connectivity index (χ0v) is 15.8. The number of hydrogen-bond donors (Lipinski definition) is 0. The van der Waals surface area contributed by atoms with E-state index in [1.54, 1.807) is 47.8 Å². The molecule has 0 radical (unpaired) electrons. The number of amides is 1. The molecule has 1 amide bonds. The molecule has 0 bridgehead atoms. The number of thiazole rings is 1. The molecule has 0 saturated heterocycles. The molecule has 128 valence electrons. The Balaban J connectivity index is 2.06. The molecule has 2 aromatic rings. The van der Waals surface area contributed by atoms with E-state index in [0.29, 0.717) is 5.95 Å². The van der Waals surface area contributed by atoms with E-state index >= 15 is 0 Å². The average molecular weight is 345 g/mol. The fraction of sp³-hybridized carbons (Fsp3) is 0.412. The van der Waals surface area contributed by atoms with E-state index in [-0.39, 0.29) is 11.9 Å². The highest BCUT2D eigenvalue weighted by Crippen LogP contribution is 2.26.